The van der Waals surface area contributed by atoms with Crippen LogP contribution in [-0.4, -0.2) is 15.9 Å². The summed E-state index contributed by atoms with van der Waals surface area (Å²) in [6.07, 6.45) is 0.986. The zero-order valence-corrected chi connectivity index (χ0v) is 18.5. The Balaban J connectivity index is 1.51. The molecule has 1 N–H and O–H groups in total. The number of carbonyl (C=O) groups is 1. The highest BCUT2D eigenvalue weighted by molar-refractivity contribution is 7.16. The number of amides is 1. The van der Waals surface area contributed by atoms with Crippen LogP contribution in [0.5, 0.6) is 0 Å². The molecular formula is C25H19N3OS2. The van der Waals surface area contributed by atoms with Crippen molar-refractivity contribution in [2.45, 2.75) is 13.3 Å². The number of anilines is 1. The number of hydrogen-bond donors (Lipinski definition) is 1. The molecule has 0 fully saturated rings. The van der Waals surface area contributed by atoms with Crippen LogP contribution >= 0.6 is 22.7 Å². The summed E-state index contributed by atoms with van der Waals surface area (Å²) in [5.41, 5.74) is 5.31. The largest absolute Gasteiger partial charge is 0.298 e. The number of nitrogens with one attached hydrogen (secondary N) is 1. The molecule has 0 bridgehead atoms. The SMILES string of the molecule is CCc1ccc(-c2cc(C(=O)Nc3nc(-c4cccs4)cs3)c3ccccc3n2)cc1. The molecule has 0 unspecified atom stereocenters. The van der Waals surface area contributed by atoms with E-state index in [9.17, 15) is 4.79 Å². The van der Waals surface area contributed by atoms with Crippen LogP contribution in [0.1, 0.15) is 22.8 Å². The molecule has 5 rings (SSSR count). The smallest absolute Gasteiger partial charge is 0.258 e. The van der Waals surface area contributed by atoms with Gasteiger partial charge in [-0.15, -0.1) is 22.7 Å². The van der Waals surface area contributed by atoms with Gasteiger partial charge in [-0.05, 0) is 35.6 Å². The first-order chi connectivity index (χ1) is 15.2. The molecule has 1 amide bonds. The van der Waals surface area contributed by atoms with Crippen LogP contribution in [0.4, 0.5) is 5.13 Å². The van der Waals surface area contributed by atoms with Crippen molar-refractivity contribution in [1.82, 2.24) is 9.97 Å². The van der Waals surface area contributed by atoms with E-state index in [0.717, 1.165) is 39.2 Å². The van der Waals surface area contributed by atoms with Gasteiger partial charge in [0.05, 0.1) is 27.3 Å². The highest BCUT2D eigenvalue weighted by atomic mass is 32.1. The first-order valence-corrected chi connectivity index (χ1v) is 11.8. The van der Waals surface area contributed by atoms with Gasteiger partial charge in [0.15, 0.2) is 5.13 Å². The van der Waals surface area contributed by atoms with E-state index in [1.807, 2.05) is 53.2 Å². The first kappa shape index (κ1) is 19.6. The Bertz CT molecular complexity index is 1360. The number of benzene rings is 2. The number of thiophene rings is 1. The second-order valence-corrected chi connectivity index (χ2v) is 8.90. The Labute approximate surface area is 188 Å². The van der Waals surface area contributed by atoms with Gasteiger partial charge < -0.3 is 0 Å². The molecule has 0 saturated carbocycles. The molecule has 0 atom stereocenters. The van der Waals surface area contributed by atoms with E-state index in [1.54, 1.807) is 11.3 Å². The van der Waals surface area contributed by atoms with Crippen molar-refractivity contribution < 1.29 is 4.79 Å². The van der Waals surface area contributed by atoms with Gasteiger partial charge in [-0.3, -0.25) is 10.1 Å². The molecule has 3 heterocycles. The van der Waals surface area contributed by atoms with Crippen molar-refractivity contribution in [2.75, 3.05) is 5.32 Å². The van der Waals surface area contributed by atoms with Gasteiger partial charge in [0.1, 0.15) is 0 Å². The van der Waals surface area contributed by atoms with Gasteiger partial charge in [0.25, 0.3) is 5.91 Å². The lowest BCUT2D eigenvalue weighted by Gasteiger charge is -2.10. The van der Waals surface area contributed by atoms with E-state index in [0.29, 0.717) is 10.7 Å². The molecule has 5 aromatic rings. The number of aryl methyl sites for hydroxylation is 1. The zero-order valence-electron chi connectivity index (χ0n) is 16.8. The summed E-state index contributed by atoms with van der Waals surface area (Å²) in [5, 5.41) is 8.37. The van der Waals surface area contributed by atoms with Crippen molar-refractivity contribution in [3.8, 4) is 21.8 Å². The predicted octanol–water partition coefficient (Wildman–Crippen LogP) is 6.90. The molecule has 6 heteroatoms. The molecule has 3 aromatic heterocycles. The fourth-order valence-electron chi connectivity index (χ4n) is 3.46. The second-order valence-electron chi connectivity index (χ2n) is 7.09. The van der Waals surface area contributed by atoms with Gasteiger partial charge >= 0.3 is 0 Å². The molecule has 2 aromatic carbocycles. The maximum Gasteiger partial charge on any atom is 0.258 e. The zero-order chi connectivity index (χ0) is 21.2. The lowest BCUT2D eigenvalue weighted by Crippen LogP contribution is -2.13. The van der Waals surface area contributed by atoms with Crippen LogP contribution in [0.25, 0.3) is 32.7 Å². The number of para-hydroxylation sites is 1. The number of aromatic nitrogens is 2. The average Bonchev–Trinajstić information content (AvgIpc) is 3.50. The third-order valence-corrected chi connectivity index (χ3v) is 6.77. The summed E-state index contributed by atoms with van der Waals surface area (Å²) in [6.45, 7) is 2.13. The summed E-state index contributed by atoms with van der Waals surface area (Å²) in [7, 11) is 0. The van der Waals surface area contributed by atoms with E-state index >= 15 is 0 Å². The monoisotopic (exact) mass is 441 g/mol. The van der Waals surface area contributed by atoms with E-state index in [1.165, 1.54) is 16.9 Å². The number of carbonyl (C=O) groups excluding carboxylic acids is 1. The number of pyridine rings is 1. The van der Waals surface area contributed by atoms with Crippen molar-refractivity contribution >= 4 is 44.6 Å². The highest BCUT2D eigenvalue weighted by Gasteiger charge is 2.16. The fraction of sp³-hybridized carbons (Fsp3) is 0.0800. The first-order valence-electron chi connectivity index (χ1n) is 10.0. The van der Waals surface area contributed by atoms with Crippen LogP contribution < -0.4 is 5.32 Å². The van der Waals surface area contributed by atoms with Crippen molar-refractivity contribution in [1.29, 1.82) is 0 Å². The molecule has 0 radical (unpaired) electrons. The third kappa shape index (κ3) is 4.00. The van der Waals surface area contributed by atoms with Gasteiger partial charge in [-0.25, -0.2) is 9.97 Å². The summed E-state index contributed by atoms with van der Waals surface area (Å²) in [4.78, 5) is 23.7. The van der Waals surface area contributed by atoms with Gasteiger partial charge in [0, 0.05) is 16.3 Å². The molecule has 31 heavy (non-hydrogen) atoms. The lowest BCUT2D eigenvalue weighted by molar-refractivity contribution is 0.102. The van der Waals surface area contributed by atoms with Gasteiger partial charge in [0.2, 0.25) is 0 Å². The Morgan fingerprint density at radius 1 is 0.935 bits per heavy atom. The quantitative estimate of drug-likeness (QED) is 0.323. The minimum absolute atomic E-state index is 0.183. The number of hydrogen-bond acceptors (Lipinski definition) is 5. The normalized spacial score (nSPS) is 11.0. The topological polar surface area (TPSA) is 54.9 Å². The van der Waals surface area contributed by atoms with Crippen LogP contribution in [0.2, 0.25) is 0 Å². The lowest BCUT2D eigenvalue weighted by atomic mass is 10.0. The number of nitrogens with zero attached hydrogens (tertiary/aromatic N) is 2. The summed E-state index contributed by atoms with van der Waals surface area (Å²) in [6, 6.07) is 22.0. The van der Waals surface area contributed by atoms with Crippen molar-refractivity contribution in [2.24, 2.45) is 0 Å². The molecule has 0 aliphatic carbocycles. The van der Waals surface area contributed by atoms with Gasteiger partial charge in [-0.1, -0.05) is 55.5 Å². The van der Waals surface area contributed by atoms with E-state index in [-0.39, 0.29) is 5.91 Å². The Morgan fingerprint density at radius 3 is 2.55 bits per heavy atom. The fourth-order valence-corrected chi connectivity index (χ4v) is 4.92. The Hall–Kier alpha value is -3.35. The van der Waals surface area contributed by atoms with E-state index in [2.05, 4.69) is 41.5 Å². The Morgan fingerprint density at radius 2 is 1.77 bits per heavy atom. The maximum absolute atomic E-state index is 13.2. The predicted molar refractivity (Wildman–Crippen MR) is 130 cm³/mol. The van der Waals surface area contributed by atoms with Crippen molar-refractivity contribution in [3.63, 3.8) is 0 Å². The molecule has 0 saturated heterocycles. The molecule has 152 valence electrons. The Kier molecular flexibility index (Phi) is 5.32. The average molecular weight is 442 g/mol. The van der Waals surface area contributed by atoms with Crippen molar-refractivity contribution in [3.05, 3.63) is 88.6 Å². The summed E-state index contributed by atoms with van der Waals surface area (Å²) >= 11 is 3.06. The van der Waals surface area contributed by atoms with Crippen LogP contribution in [-0.2, 0) is 6.42 Å². The summed E-state index contributed by atoms with van der Waals surface area (Å²) in [5.74, 6) is -0.183. The number of fused-ring (bicyclic) bond motifs is 1. The number of thiazole rings is 1. The second kappa shape index (κ2) is 8.41. The van der Waals surface area contributed by atoms with E-state index in [4.69, 9.17) is 4.98 Å². The molecule has 0 aliphatic rings. The number of rotatable bonds is 5. The minimum atomic E-state index is -0.183. The van der Waals surface area contributed by atoms with Crippen LogP contribution in [0.3, 0.4) is 0 Å². The van der Waals surface area contributed by atoms with E-state index < -0.39 is 0 Å². The molecular weight excluding hydrogens is 422 g/mol. The minimum Gasteiger partial charge on any atom is -0.298 e. The summed E-state index contributed by atoms with van der Waals surface area (Å²) < 4.78 is 0. The van der Waals surface area contributed by atoms with Gasteiger partial charge in [-0.2, -0.15) is 0 Å². The maximum atomic E-state index is 13.2. The van der Waals surface area contributed by atoms with Crippen LogP contribution in [0, 0.1) is 0 Å². The van der Waals surface area contributed by atoms with Crippen LogP contribution in [0.15, 0.2) is 77.5 Å². The standard InChI is InChI=1S/C25H19N3OS2/c1-2-16-9-11-17(12-10-16)21-14-19(18-6-3-4-7-20(18)26-21)24(29)28-25-27-22(15-31-25)23-8-5-13-30-23/h3-15H,2H2,1H3,(H,27,28,29). The molecule has 0 spiro atoms. The molecule has 4 nitrogen and oxygen atoms in total. The highest BCUT2D eigenvalue weighted by Crippen LogP contribution is 2.30. The molecule has 0 aliphatic heterocycles. The third-order valence-electron chi connectivity index (χ3n) is 5.12.